The maximum atomic E-state index is 5.22. The van der Waals surface area contributed by atoms with Crippen LogP contribution in [0.5, 0.6) is 0 Å². The Morgan fingerprint density at radius 2 is 1.66 bits per heavy atom. The minimum atomic E-state index is -0.242. The number of aliphatic imine (C=N–C) groups is 2. The summed E-state index contributed by atoms with van der Waals surface area (Å²) in [6.07, 6.45) is 17.3. The van der Waals surface area contributed by atoms with Crippen LogP contribution in [0.2, 0.25) is 0 Å². The molecule has 1 aliphatic heterocycles. The molecule has 3 heterocycles. The number of nitrogens with one attached hydrogen (secondary N) is 1. The van der Waals surface area contributed by atoms with Gasteiger partial charge in [-0.15, -0.1) is 11.3 Å². The first-order chi connectivity index (χ1) is 21.8. The molecule has 5 heteroatoms. The van der Waals surface area contributed by atoms with Crippen molar-refractivity contribution in [2.45, 2.75) is 31.8 Å². The van der Waals surface area contributed by atoms with Crippen LogP contribution in [0.4, 0.5) is 0 Å². The highest BCUT2D eigenvalue weighted by Gasteiger charge is 2.25. The van der Waals surface area contributed by atoms with E-state index in [0.717, 1.165) is 48.5 Å². The lowest BCUT2D eigenvalue weighted by Gasteiger charge is -2.24. The predicted molar refractivity (Wildman–Crippen MR) is 188 cm³/mol. The highest BCUT2D eigenvalue weighted by atomic mass is 32.1. The zero-order valence-electron chi connectivity index (χ0n) is 24.2. The van der Waals surface area contributed by atoms with Gasteiger partial charge < -0.3 is 9.88 Å². The highest BCUT2D eigenvalue weighted by Crippen LogP contribution is 2.43. The minimum Gasteiger partial charge on any atom is -0.344 e. The third-order valence-corrected chi connectivity index (χ3v) is 10.2. The molecule has 6 aromatic rings. The molecule has 0 spiro atoms. The average Bonchev–Trinajstić information content (AvgIpc) is 3.63. The number of amidine groups is 2. The standard InChI is InChI=1S/C39H30N4S/c1-4-13-25(14-5-1)37-40-38(26-15-6-2-7-16-26)42-39(41-37)30-21-12-20-29-32-23-31-28-19-10-11-22-33(28)43(27-17-8-3-9-18-27)34(31)24-35(32)44-36(29)30/h1,3-6,8,10-17,19-24,39H,2,7,9,18H2,(H,40,41,42). The van der Waals surface area contributed by atoms with E-state index in [1.165, 1.54) is 53.2 Å². The molecule has 0 saturated carbocycles. The lowest BCUT2D eigenvalue weighted by Crippen LogP contribution is -2.33. The number of fused-ring (bicyclic) bond motifs is 6. The largest absolute Gasteiger partial charge is 0.344 e. The highest BCUT2D eigenvalue weighted by molar-refractivity contribution is 7.26. The molecule has 1 N–H and O–H groups in total. The lowest BCUT2D eigenvalue weighted by atomic mass is 10.0. The molecule has 4 nitrogen and oxygen atoms in total. The molecule has 2 aliphatic carbocycles. The quantitative estimate of drug-likeness (QED) is 0.219. The third-order valence-electron chi connectivity index (χ3n) is 8.94. The Balaban J connectivity index is 1.24. The summed E-state index contributed by atoms with van der Waals surface area (Å²) in [6, 6.07) is 30.7. The molecule has 0 fully saturated rings. The van der Waals surface area contributed by atoms with Crippen LogP contribution in [0.1, 0.15) is 43.0 Å². The van der Waals surface area contributed by atoms with Gasteiger partial charge in [-0.25, -0.2) is 9.98 Å². The fraction of sp³-hybridized carbons (Fsp3) is 0.128. The Hall–Kier alpha value is -5.00. The maximum Gasteiger partial charge on any atom is 0.159 e. The zero-order valence-corrected chi connectivity index (χ0v) is 25.0. The van der Waals surface area contributed by atoms with Gasteiger partial charge in [-0.05, 0) is 50.0 Å². The molecule has 2 aromatic heterocycles. The smallest absolute Gasteiger partial charge is 0.159 e. The molecule has 1 unspecified atom stereocenters. The van der Waals surface area contributed by atoms with Crippen molar-refractivity contribution in [3.63, 3.8) is 0 Å². The molecule has 4 aromatic carbocycles. The minimum absolute atomic E-state index is 0.242. The van der Waals surface area contributed by atoms with Crippen LogP contribution in [0, 0.1) is 0 Å². The number of para-hydroxylation sites is 1. The molecule has 0 amide bonds. The van der Waals surface area contributed by atoms with Gasteiger partial charge in [-0.3, -0.25) is 0 Å². The molecule has 0 saturated heterocycles. The fourth-order valence-corrected chi connectivity index (χ4v) is 8.10. The van der Waals surface area contributed by atoms with Crippen molar-refractivity contribution in [1.82, 2.24) is 9.88 Å². The van der Waals surface area contributed by atoms with Crippen molar-refractivity contribution in [3.8, 4) is 0 Å². The first-order valence-electron chi connectivity index (χ1n) is 15.4. The van der Waals surface area contributed by atoms with Crippen LogP contribution < -0.4 is 5.32 Å². The van der Waals surface area contributed by atoms with Gasteiger partial charge in [-0.2, -0.15) is 0 Å². The average molecular weight is 587 g/mol. The Morgan fingerprint density at radius 1 is 0.773 bits per heavy atom. The van der Waals surface area contributed by atoms with E-state index in [0.29, 0.717) is 0 Å². The second-order valence-electron chi connectivity index (χ2n) is 11.6. The van der Waals surface area contributed by atoms with Crippen LogP contribution in [-0.4, -0.2) is 16.2 Å². The summed E-state index contributed by atoms with van der Waals surface area (Å²) in [6.45, 7) is 0. The van der Waals surface area contributed by atoms with Crippen LogP contribution >= 0.6 is 11.3 Å². The predicted octanol–water partition coefficient (Wildman–Crippen LogP) is 10.1. The Bertz CT molecular complexity index is 2310. The summed E-state index contributed by atoms with van der Waals surface area (Å²) < 4.78 is 5.05. The summed E-state index contributed by atoms with van der Waals surface area (Å²) in [7, 11) is 0. The first kappa shape index (κ1) is 25.5. The normalized spacial score (nSPS) is 18.4. The zero-order chi connectivity index (χ0) is 29.0. The van der Waals surface area contributed by atoms with Crippen molar-refractivity contribution in [2.24, 2.45) is 9.98 Å². The van der Waals surface area contributed by atoms with Gasteiger partial charge in [0, 0.05) is 53.3 Å². The molecule has 1 atom stereocenters. The summed E-state index contributed by atoms with van der Waals surface area (Å²) in [5.74, 6) is 1.65. The van der Waals surface area contributed by atoms with Crippen molar-refractivity contribution in [2.75, 3.05) is 0 Å². The van der Waals surface area contributed by atoms with E-state index in [9.17, 15) is 0 Å². The number of thiophene rings is 1. The van der Waals surface area contributed by atoms with E-state index < -0.39 is 0 Å². The molecule has 9 rings (SSSR count). The topological polar surface area (TPSA) is 41.7 Å². The SMILES string of the molecule is C1=CCCC(n2c3ccccc3c3cc4c(cc32)sc2c(C3N=C(C5=CCCC=C5)N=C(c5ccccc5)N3)cccc24)=C1. The van der Waals surface area contributed by atoms with E-state index in [4.69, 9.17) is 9.98 Å². The van der Waals surface area contributed by atoms with Crippen molar-refractivity contribution in [1.29, 1.82) is 0 Å². The van der Waals surface area contributed by atoms with Gasteiger partial charge in [0.1, 0.15) is 12.0 Å². The molecule has 0 bridgehead atoms. The Labute approximate surface area is 259 Å². The summed E-state index contributed by atoms with van der Waals surface area (Å²) in [5.41, 5.74) is 7.25. The molecule has 0 radical (unpaired) electrons. The van der Waals surface area contributed by atoms with Crippen molar-refractivity contribution in [3.05, 3.63) is 138 Å². The monoisotopic (exact) mass is 586 g/mol. The van der Waals surface area contributed by atoms with E-state index in [2.05, 4.69) is 125 Å². The second kappa shape index (κ2) is 10.3. The summed E-state index contributed by atoms with van der Waals surface area (Å²) in [4.78, 5) is 10.2. The maximum absolute atomic E-state index is 5.22. The van der Waals surface area contributed by atoms with Crippen LogP contribution in [0.3, 0.4) is 0 Å². The number of rotatable bonds is 4. The molecular formula is C39H30N4S. The Kier molecular flexibility index (Phi) is 5.98. The van der Waals surface area contributed by atoms with Crippen LogP contribution in [-0.2, 0) is 0 Å². The van der Waals surface area contributed by atoms with E-state index in [1.54, 1.807) is 0 Å². The number of aromatic nitrogens is 1. The van der Waals surface area contributed by atoms with Gasteiger partial charge in [0.2, 0.25) is 0 Å². The van der Waals surface area contributed by atoms with E-state index >= 15 is 0 Å². The van der Waals surface area contributed by atoms with Crippen LogP contribution in [0.15, 0.2) is 137 Å². The summed E-state index contributed by atoms with van der Waals surface area (Å²) >= 11 is 1.87. The Morgan fingerprint density at radius 3 is 2.52 bits per heavy atom. The van der Waals surface area contributed by atoms with E-state index in [1.807, 2.05) is 17.4 Å². The van der Waals surface area contributed by atoms with Gasteiger partial charge in [0.15, 0.2) is 5.84 Å². The molecular weight excluding hydrogens is 557 g/mol. The number of allylic oxidation sites excluding steroid dienone is 6. The first-order valence-corrected chi connectivity index (χ1v) is 16.2. The van der Waals surface area contributed by atoms with Gasteiger partial charge in [-0.1, -0.05) is 97.1 Å². The van der Waals surface area contributed by atoms with E-state index in [-0.39, 0.29) is 6.17 Å². The number of hydrogen-bond donors (Lipinski definition) is 1. The summed E-state index contributed by atoms with van der Waals surface area (Å²) in [5, 5.41) is 8.88. The van der Waals surface area contributed by atoms with Crippen molar-refractivity contribution >= 4 is 70.7 Å². The molecule has 3 aliphatic rings. The van der Waals surface area contributed by atoms with Crippen LogP contribution in [0.25, 0.3) is 47.7 Å². The molecule has 212 valence electrons. The van der Waals surface area contributed by atoms with Crippen molar-refractivity contribution < 1.29 is 0 Å². The third kappa shape index (κ3) is 4.11. The lowest BCUT2D eigenvalue weighted by molar-refractivity contribution is 0.680. The fourth-order valence-electron chi connectivity index (χ4n) is 6.84. The number of nitrogens with zero attached hydrogens (tertiary/aromatic N) is 3. The van der Waals surface area contributed by atoms with Gasteiger partial charge in [0.05, 0.1) is 11.0 Å². The van der Waals surface area contributed by atoms with Gasteiger partial charge in [0.25, 0.3) is 0 Å². The second-order valence-corrected chi connectivity index (χ2v) is 12.7. The molecule has 44 heavy (non-hydrogen) atoms. The van der Waals surface area contributed by atoms with Gasteiger partial charge >= 0.3 is 0 Å². The number of hydrogen-bond acceptors (Lipinski definition) is 4. The number of benzene rings is 4.